The second kappa shape index (κ2) is 5.50. The van der Waals surface area contributed by atoms with E-state index in [1.54, 1.807) is 7.11 Å². The number of methoxy groups -OCH3 is 1. The molecule has 0 bridgehead atoms. The third-order valence-electron chi connectivity index (χ3n) is 4.90. The van der Waals surface area contributed by atoms with E-state index in [-0.39, 0.29) is 11.5 Å². The lowest BCUT2D eigenvalue weighted by Gasteiger charge is -2.41. The molecule has 0 radical (unpaired) electrons. The summed E-state index contributed by atoms with van der Waals surface area (Å²) in [7, 11) is 1.68. The largest absolute Gasteiger partial charge is 0.378 e. The fourth-order valence-electron chi connectivity index (χ4n) is 3.15. The summed E-state index contributed by atoms with van der Waals surface area (Å²) in [6.45, 7) is 2.21. The van der Waals surface area contributed by atoms with Crippen molar-refractivity contribution in [3.8, 4) is 6.07 Å². The summed E-state index contributed by atoms with van der Waals surface area (Å²) in [4.78, 5) is 12.2. The first kappa shape index (κ1) is 14.3. The maximum atomic E-state index is 12.2. The molecule has 0 spiro atoms. The van der Waals surface area contributed by atoms with Crippen LogP contribution in [0.4, 0.5) is 0 Å². The van der Waals surface area contributed by atoms with Gasteiger partial charge < -0.3 is 10.1 Å². The number of hydrogen-bond donors (Lipinski definition) is 1. The predicted octanol–water partition coefficient (Wildman–Crippen LogP) is 2.53. The van der Waals surface area contributed by atoms with Gasteiger partial charge in [0.05, 0.1) is 18.1 Å². The first-order valence-corrected chi connectivity index (χ1v) is 7.31. The molecular formula is C15H24N2O2. The Balaban J connectivity index is 1.92. The lowest BCUT2D eigenvalue weighted by molar-refractivity contribution is -0.135. The Labute approximate surface area is 115 Å². The molecule has 4 nitrogen and oxygen atoms in total. The van der Waals surface area contributed by atoms with Gasteiger partial charge in [0, 0.05) is 7.11 Å². The summed E-state index contributed by atoms with van der Waals surface area (Å²) in [6, 6.07) is 2.34. The Bertz CT molecular complexity index is 369. The van der Waals surface area contributed by atoms with Gasteiger partial charge in [-0.3, -0.25) is 4.79 Å². The van der Waals surface area contributed by atoms with E-state index in [4.69, 9.17) is 4.74 Å². The normalized spacial score (nSPS) is 33.0. The first-order valence-electron chi connectivity index (χ1n) is 7.31. The van der Waals surface area contributed by atoms with Crippen LogP contribution in [-0.4, -0.2) is 24.2 Å². The van der Waals surface area contributed by atoms with E-state index in [0.717, 1.165) is 44.9 Å². The monoisotopic (exact) mass is 264 g/mol. The van der Waals surface area contributed by atoms with E-state index in [0.29, 0.717) is 12.3 Å². The molecular weight excluding hydrogens is 240 g/mol. The maximum absolute atomic E-state index is 12.2. The molecule has 0 aromatic rings. The first-order chi connectivity index (χ1) is 9.03. The minimum absolute atomic E-state index is 0.0300. The van der Waals surface area contributed by atoms with Crippen molar-refractivity contribution in [1.29, 1.82) is 5.26 Å². The zero-order valence-corrected chi connectivity index (χ0v) is 12.0. The van der Waals surface area contributed by atoms with Crippen LogP contribution >= 0.6 is 0 Å². The minimum Gasteiger partial charge on any atom is -0.378 e. The molecule has 106 valence electrons. The van der Waals surface area contributed by atoms with E-state index in [1.165, 1.54) is 0 Å². The number of carbonyl (C=O) groups is 1. The highest BCUT2D eigenvalue weighted by Gasteiger charge is 2.42. The highest BCUT2D eigenvalue weighted by molar-refractivity contribution is 5.78. The summed E-state index contributed by atoms with van der Waals surface area (Å²) in [5.74, 6) is 0.632. The Kier molecular flexibility index (Phi) is 4.15. The van der Waals surface area contributed by atoms with E-state index < -0.39 is 5.54 Å². The Hall–Kier alpha value is -1.08. The molecule has 1 N–H and O–H groups in total. The van der Waals surface area contributed by atoms with Gasteiger partial charge in [0.25, 0.3) is 0 Å². The van der Waals surface area contributed by atoms with E-state index in [1.807, 2.05) is 0 Å². The number of ether oxygens (including phenoxy) is 1. The number of carbonyl (C=O) groups excluding carboxylic acids is 1. The van der Waals surface area contributed by atoms with Crippen LogP contribution in [0.1, 0.15) is 58.3 Å². The van der Waals surface area contributed by atoms with Crippen LogP contribution in [0.25, 0.3) is 0 Å². The van der Waals surface area contributed by atoms with Gasteiger partial charge in [-0.2, -0.15) is 5.26 Å². The molecule has 0 unspecified atom stereocenters. The molecule has 0 aromatic heterocycles. The van der Waals surface area contributed by atoms with E-state index in [9.17, 15) is 10.1 Å². The van der Waals surface area contributed by atoms with Gasteiger partial charge in [-0.25, -0.2) is 0 Å². The molecule has 1 amide bonds. The SMILES string of the molecule is COC1(CC(=O)NC2(C#N)CCC(C)CC2)CCC1. The van der Waals surface area contributed by atoms with Gasteiger partial charge in [-0.15, -0.1) is 0 Å². The standard InChI is InChI=1S/C15H24N2O2/c1-12-4-8-14(11-16,9-5-12)17-13(18)10-15(19-2)6-3-7-15/h12H,3-10H2,1-2H3,(H,17,18). The molecule has 0 heterocycles. The predicted molar refractivity (Wildman–Crippen MR) is 72.3 cm³/mol. The van der Waals surface area contributed by atoms with Crippen molar-refractivity contribution < 1.29 is 9.53 Å². The third-order valence-corrected chi connectivity index (χ3v) is 4.90. The average Bonchev–Trinajstić information content (AvgIpc) is 2.37. The van der Waals surface area contributed by atoms with Crippen LogP contribution in [0.5, 0.6) is 0 Å². The molecule has 0 aromatic carbocycles. The van der Waals surface area contributed by atoms with Gasteiger partial charge in [0.15, 0.2) is 0 Å². The number of hydrogen-bond acceptors (Lipinski definition) is 3. The van der Waals surface area contributed by atoms with Gasteiger partial charge >= 0.3 is 0 Å². The molecule has 2 aliphatic carbocycles. The van der Waals surface area contributed by atoms with Crippen molar-refractivity contribution in [3.63, 3.8) is 0 Å². The lowest BCUT2D eigenvalue weighted by atomic mass is 9.75. The van der Waals surface area contributed by atoms with Crippen LogP contribution in [0.15, 0.2) is 0 Å². The maximum Gasteiger partial charge on any atom is 0.224 e. The number of amides is 1. The number of nitrogens with zero attached hydrogens (tertiary/aromatic N) is 1. The van der Waals surface area contributed by atoms with Crippen molar-refractivity contribution in [1.82, 2.24) is 5.32 Å². The van der Waals surface area contributed by atoms with Crippen LogP contribution in [0, 0.1) is 17.2 Å². The smallest absolute Gasteiger partial charge is 0.224 e. The Morgan fingerprint density at radius 1 is 1.37 bits per heavy atom. The van der Waals surface area contributed by atoms with Crippen molar-refractivity contribution in [2.24, 2.45) is 5.92 Å². The molecule has 2 rings (SSSR count). The van der Waals surface area contributed by atoms with Crippen LogP contribution in [0.3, 0.4) is 0 Å². The summed E-state index contributed by atoms with van der Waals surface area (Å²) in [6.07, 6.45) is 7.00. The van der Waals surface area contributed by atoms with E-state index >= 15 is 0 Å². The molecule has 2 fully saturated rings. The zero-order chi connectivity index (χ0) is 13.9. The molecule has 2 aliphatic rings. The van der Waals surface area contributed by atoms with Crippen molar-refractivity contribution in [3.05, 3.63) is 0 Å². The van der Waals surface area contributed by atoms with E-state index in [2.05, 4.69) is 18.3 Å². The van der Waals surface area contributed by atoms with Crippen molar-refractivity contribution >= 4 is 5.91 Å². The average molecular weight is 264 g/mol. The molecule has 0 saturated heterocycles. The molecule has 0 atom stereocenters. The Morgan fingerprint density at radius 2 is 2.00 bits per heavy atom. The van der Waals surface area contributed by atoms with Crippen LogP contribution < -0.4 is 5.32 Å². The summed E-state index contributed by atoms with van der Waals surface area (Å²) in [5.41, 5.74) is -0.898. The van der Waals surface area contributed by atoms with Crippen LogP contribution in [-0.2, 0) is 9.53 Å². The number of rotatable bonds is 4. The Morgan fingerprint density at radius 3 is 2.42 bits per heavy atom. The summed E-state index contributed by atoms with van der Waals surface area (Å²) >= 11 is 0. The molecule has 4 heteroatoms. The molecule has 2 saturated carbocycles. The van der Waals surface area contributed by atoms with Gasteiger partial charge in [0.2, 0.25) is 5.91 Å². The fraction of sp³-hybridized carbons (Fsp3) is 0.867. The number of nitrogens with one attached hydrogen (secondary N) is 1. The van der Waals surface area contributed by atoms with Gasteiger partial charge in [-0.05, 0) is 50.9 Å². The third kappa shape index (κ3) is 3.09. The second-order valence-electron chi connectivity index (χ2n) is 6.34. The zero-order valence-electron chi connectivity index (χ0n) is 12.0. The quantitative estimate of drug-likeness (QED) is 0.848. The van der Waals surface area contributed by atoms with Crippen molar-refractivity contribution in [2.45, 2.75) is 69.4 Å². The topological polar surface area (TPSA) is 62.1 Å². The number of nitriles is 1. The second-order valence-corrected chi connectivity index (χ2v) is 6.34. The summed E-state index contributed by atoms with van der Waals surface area (Å²) < 4.78 is 5.47. The lowest BCUT2D eigenvalue weighted by Crippen LogP contribution is -2.52. The molecule has 0 aliphatic heterocycles. The van der Waals surface area contributed by atoms with Crippen LogP contribution in [0.2, 0.25) is 0 Å². The highest BCUT2D eigenvalue weighted by atomic mass is 16.5. The minimum atomic E-state index is -0.637. The molecule has 19 heavy (non-hydrogen) atoms. The van der Waals surface area contributed by atoms with Gasteiger partial charge in [-0.1, -0.05) is 6.92 Å². The summed E-state index contributed by atoms with van der Waals surface area (Å²) in [5, 5.41) is 12.4. The van der Waals surface area contributed by atoms with Crippen molar-refractivity contribution in [2.75, 3.05) is 7.11 Å². The fourth-order valence-corrected chi connectivity index (χ4v) is 3.15. The highest BCUT2D eigenvalue weighted by Crippen LogP contribution is 2.38. The van der Waals surface area contributed by atoms with Gasteiger partial charge in [0.1, 0.15) is 5.54 Å².